The third-order valence-corrected chi connectivity index (χ3v) is 7.11. The quantitative estimate of drug-likeness (QED) is 0.367. The van der Waals surface area contributed by atoms with E-state index in [0.29, 0.717) is 54.2 Å². The number of hydrogen-bond donors (Lipinski definition) is 1. The van der Waals surface area contributed by atoms with Gasteiger partial charge in [0.2, 0.25) is 5.91 Å². The molecule has 1 N–H and O–H groups in total. The average molecular weight is 548 g/mol. The molecule has 1 saturated heterocycles. The van der Waals surface area contributed by atoms with E-state index in [9.17, 15) is 18.4 Å². The van der Waals surface area contributed by atoms with Crippen molar-refractivity contribution in [1.82, 2.24) is 15.1 Å². The molecule has 2 amide bonds. The molecule has 1 aliphatic heterocycles. The van der Waals surface area contributed by atoms with E-state index in [4.69, 9.17) is 4.74 Å². The van der Waals surface area contributed by atoms with Crippen LogP contribution in [0.2, 0.25) is 0 Å². The van der Waals surface area contributed by atoms with Crippen LogP contribution in [0, 0.1) is 25.5 Å². The van der Waals surface area contributed by atoms with Crippen LogP contribution in [0.5, 0.6) is 5.75 Å². The van der Waals surface area contributed by atoms with Gasteiger partial charge in [-0.15, -0.1) is 0 Å². The monoisotopic (exact) mass is 547 g/mol. The van der Waals surface area contributed by atoms with Crippen molar-refractivity contribution in [2.45, 2.75) is 39.5 Å². The third-order valence-electron chi connectivity index (χ3n) is 7.11. The number of halogens is 2. The molecule has 8 heteroatoms. The highest BCUT2D eigenvalue weighted by Gasteiger charge is 2.28. The van der Waals surface area contributed by atoms with Gasteiger partial charge in [-0.3, -0.25) is 14.5 Å². The van der Waals surface area contributed by atoms with E-state index < -0.39 is 6.10 Å². The number of piperazine rings is 1. The molecule has 6 nitrogen and oxygen atoms in total. The Hall–Kier alpha value is -4.04. The van der Waals surface area contributed by atoms with Gasteiger partial charge in [-0.1, -0.05) is 24.8 Å². The Morgan fingerprint density at radius 2 is 1.82 bits per heavy atom. The fraction of sp³-hybridized carbons (Fsp3) is 0.312. The van der Waals surface area contributed by atoms with Gasteiger partial charge in [-0.05, 0) is 91.6 Å². The van der Waals surface area contributed by atoms with Gasteiger partial charge in [-0.25, -0.2) is 8.78 Å². The number of hydrogen-bond acceptors (Lipinski definition) is 4. The number of amides is 2. The van der Waals surface area contributed by atoms with Crippen molar-refractivity contribution in [1.29, 1.82) is 0 Å². The number of ether oxygens (including phenoxy) is 1. The lowest BCUT2D eigenvalue weighted by Gasteiger charge is -2.40. The van der Waals surface area contributed by atoms with Crippen LogP contribution in [0.15, 0.2) is 73.3 Å². The maximum Gasteiger partial charge on any atom is 0.251 e. The molecule has 0 spiro atoms. The number of nitrogens with one attached hydrogen (secondary N) is 1. The smallest absolute Gasteiger partial charge is 0.251 e. The lowest BCUT2D eigenvalue weighted by atomic mass is 10.0. The third kappa shape index (κ3) is 7.33. The average Bonchev–Trinajstić information content (AvgIpc) is 2.92. The normalized spacial score (nSPS) is 16.3. The van der Waals surface area contributed by atoms with E-state index in [1.165, 1.54) is 24.3 Å². The van der Waals surface area contributed by atoms with Crippen LogP contribution in [0.4, 0.5) is 8.78 Å². The Morgan fingerprint density at radius 1 is 1.07 bits per heavy atom. The van der Waals surface area contributed by atoms with E-state index in [1.807, 2.05) is 19.1 Å². The Kier molecular flexibility index (Phi) is 9.32. The maximum atomic E-state index is 14.5. The standard InChI is InChI=1S/C32H35F2N3O3/c1-5-31(38)37-13-12-36(19-23(37)4)20-30(26-7-6-22(3)29(34)17-26)40-28-10-8-25(9-11-28)32(39)35-18-24-14-21(2)15-27(33)16-24/h5-11,14-17,23,30H,1,12-13,18-20H2,2-4H3,(H,35,39)/t23-,30-/m1/s1. The summed E-state index contributed by atoms with van der Waals surface area (Å²) in [6.07, 6.45) is 0.860. The molecule has 2 atom stereocenters. The Morgan fingerprint density at radius 3 is 2.48 bits per heavy atom. The van der Waals surface area contributed by atoms with Crippen molar-refractivity contribution in [3.63, 3.8) is 0 Å². The zero-order valence-electron chi connectivity index (χ0n) is 23.1. The second-order valence-corrected chi connectivity index (χ2v) is 10.3. The highest BCUT2D eigenvalue weighted by atomic mass is 19.1. The van der Waals surface area contributed by atoms with Crippen LogP contribution >= 0.6 is 0 Å². The Balaban J connectivity index is 1.44. The minimum Gasteiger partial charge on any atom is -0.484 e. The van der Waals surface area contributed by atoms with Crippen LogP contribution < -0.4 is 10.1 Å². The summed E-state index contributed by atoms with van der Waals surface area (Å²) in [4.78, 5) is 28.8. The van der Waals surface area contributed by atoms with Crippen molar-refractivity contribution >= 4 is 11.8 Å². The summed E-state index contributed by atoms with van der Waals surface area (Å²) < 4.78 is 34.5. The molecule has 0 aliphatic carbocycles. The number of aryl methyl sites for hydroxylation is 2. The van der Waals surface area contributed by atoms with Crippen LogP contribution in [0.25, 0.3) is 0 Å². The molecule has 0 unspecified atom stereocenters. The Bertz CT molecular complexity index is 1360. The predicted molar refractivity (Wildman–Crippen MR) is 151 cm³/mol. The first-order valence-electron chi connectivity index (χ1n) is 13.4. The molecule has 40 heavy (non-hydrogen) atoms. The molecule has 1 heterocycles. The molecule has 4 rings (SSSR count). The lowest BCUT2D eigenvalue weighted by Crippen LogP contribution is -2.54. The molecule has 1 fully saturated rings. The molecule has 0 bridgehead atoms. The van der Waals surface area contributed by atoms with Gasteiger partial charge in [0.25, 0.3) is 5.91 Å². The van der Waals surface area contributed by atoms with Gasteiger partial charge in [0.05, 0.1) is 0 Å². The van der Waals surface area contributed by atoms with Crippen LogP contribution in [-0.2, 0) is 11.3 Å². The SMILES string of the molecule is C=CC(=O)N1CCN(C[C@@H](Oc2ccc(C(=O)NCc3cc(C)cc(F)c3)cc2)c2ccc(C)c(F)c2)C[C@H]1C. The van der Waals surface area contributed by atoms with Gasteiger partial charge in [-0.2, -0.15) is 0 Å². The fourth-order valence-electron chi connectivity index (χ4n) is 4.95. The maximum absolute atomic E-state index is 14.5. The second-order valence-electron chi connectivity index (χ2n) is 10.3. The molecule has 3 aromatic rings. The summed E-state index contributed by atoms with van der Waals surface area (Å²) in [7, 11) is 0. The van der Waals surface area contributed by atoms with Crippen molar-refractivity contribution in [3.05, 3.63) is 113 Å². The van der Waals surface area contributed by atoms with E-state index in [1.54, 1.807) is 49.1 Å². The molecule has 210 valence electrons. The summed E-state index contributed by atoms with van der Waals surface area (Å²) in [5, 5.41) is 2.81. The zero-order valence-corrected chi connectivity index (χ0v) is 23.1. The molecule has 0 radical (unpaired) electrons. The van der Waals surface area contributed by atoms with Crippen LogP contribution in [0.1, 0.15) is 45.6 Å². The first kappa shape index (κ1) is 29.0. The first-order valence-corrected chi connectivity index (χ1v) is 13.4. The molecule has 3 aromatic carbocycles. The summed E-state index contributed by atoms with van der Waals surface area (Å²) in [6, 6.07) is 16.5. The van der Waals surface area contributed by atoms with E-state index in [2.05, 4.69) is 16.8 Å². The highest BCUT2D eigenvalue weighted by Crippen LogP contribution is 2.26. The summed E-state index contributed by atoms with van der Waals surface area (Å²) in [6.45, 7) is 11.7. The number of carbonyl (C=O) groups is 2. The number of rotatable bonds is 9. The van der Waals surface area contributed by atoms with Crippen LogP contribution in [-0.4, -0.2) is 53.8 Å². The predicted octanol–water partition coefficient (Wildman–Crippen LogP) is 5.35. The van der Waals surface area contributed by atoms with Gasteiger partial charge < -0.3 is 15.0 Å². The minimum atomic E-state index is -0.472. The van der Waals surface area contributed by atoms with Crippen molar-refractivity contribution < 1.29 is 23.1 Å². The second kappa shape index (κ2) is 12.9. The van der Waals surface area contributed by atoms with Gasteiger partial charge in [0, 0.05) is 44.3 Å². The first-order chi connectivity index (χ1) is 19.1. The number of nitrogens with zero attached hydrogens (tertiary/aromatic N) is 2. The molecule has 0 aromatic heterocycles. The Labute approximate surface area is 234 Å². The van der Waals surface area contributed by atoms with Crippen molar-refractivity contribution in [2.24, 2.45) is 0 Å². The van der Waals surface area contributed by atoms with Gasteiger partial charge in [0.1, 0.15) is 23.5 Å². The highest BCUT2D eigenvalue weighted by molar-refractivity contribution is 5.94. The number of benzene rings is 3. The van der Waals surface area contributed by atoms with Crippen molar-refractivity contribution in [3.8, 4) is 5.75 Å². The van der Waals surface area contributed by atoms with Gasteiger partial charge >= 0.3 is 0 Å². The van der Waals surface area contributed by atoms with Crippen molar-refractivity contribution in [2.75, 3.05) is 26.2 Å². The topological polar surface area (TPSA) is 61.9 Å². The number of carbonyl (C=O) groups excluding carboxylic acids is 2. The molecular weight excluding hydrogens is 512 g/mol. The molecule has 0 saturated carbocycles. The molecule has 1 aliphatic rings. The summed E-state index contributed by atoms with van der Waals surface area (Å²) in [5.41, 5.74) is 3.16. The largest absolute Gasteiger partial charge is 0.484 e. The van der Waals surface area contributed by atoms with E-state index in [0.717, 1.165) is 5.56 Å². The lowest BCUT2D eigenvalue weighted by molar-refractivity contribution is -0.130. The van der Waals surface area contributed by atoms with Gasteiger partial charge in [0.15, 0.2) is 0 Å². The summed E-state index contributed by atoms with van der Waals surface area (Å²) >= 11 is 0. The van der Waals surface area contributed by atoms with E-state index in [-0.39, 0.29) is 36.0 Å². The zero-order chi connectivity index (χ0) is 28.8. The van der Waals surface area contributed by atoms with E-state index >= 15 is 0 Å². The minimum absolute atomic E-state index is 0.00347. The van der Waals surface area contributed by atoms with Crippen LogP contribution in [0.3, 0.4) is 0 Å². The molecular formula is C32H35F2N3O3. The fourth-order valence-corrected chi connectivity index (χ4v) is 4.95. The summed E-state index contributed by atoms with van der Waals surface area (Å²) in [5.74, 6) is -0.476.